The monoisotopic (exact) mass is 347 g/mol. The zero-order valence-electron chi connectivity index (χ0n) is 15.7. The second-order valence-electron chi connectivity index (χ2n) is 8.02. The van der Waals surface area contributed by atoms with E-state index in [2.05, 4.69) is 54.3 Å². The van der Waals surface area contributed by atoms with Crippen molar-refractivity contribution in [1.29, 1.82) is 0 Å². The van der Waals surface area contributed by atoms with Gasteiger partial charge in [-0.05, 0) is 43.2 Å². The van der Waals surface area contributed by atoms with E-state index in [-0.39, 0.29) is 5.92 Å². The number of benzene rings is 2. The number of rotatable bonds is 6. The molecule has 2 heterocycles. The Morgan fingerprint density at radius 3 is 2.19 bits per heavy atom. The third-order valence-corrected chi connectivity index (χ3v) is 6.24. The first kappa shape index (κ1) is 17.5. The highest BCUT2D eigenvalue weighted by Gasteiger charge is 2.42. The maximum absolute atomic E-state index is 13.0. The molecule has 2 saturated heterocycles. The Labute approximate surface area is 157 Å². The van der Waals surface area contributed by atoms with E-state index >= 15 is 0 Å². The Morgan fingerprint density at radius 1 is 0.923 bits per heavy atom. The Morgan fingerprint density at radius 2 is 1.58 bits per heavy atom. The Kier molecular flexibility index (Phi) is 5.21. The van der Waals surface area contributed by atoms with Gasteiger partial charge in [-0.2, -0.15) is 0 Å². The van der Waals surface area contributed by atoms with Crippen LogP contribution in [0.4, 0.5) is 0 Å². The van der Waals surface area contributed by atoms with Gasteiger partial charge < -0.3 is 0 Å². The second-order valence-corrected chi connectivity index (χ2v) is 8.02. The molecule has 0 amide bonds. The molecule has 4 rings (SSSR count). The topological polar surface area (TPSA) is 20.3 Å². The molecule has 2 aromatic rings. The molecule has 2 bridgehead atoms. The molecular weight excluding hydrogens is 318 g/mol. The number of piperidine rings is 1. The van der Waals surface area contributed by atoms with E-state index in [9.17, 15) is 4.79 Å². The van der Waals surface area contributed by atoms with E-state index in [0.717, 1.165) is 37.8 Å². The average Bonchev–Trinajstić information content (AvgIpc) is 2.90. The zero-order valence-corrected chi connectivity index (χ0v) is 15.7. The number of carbonyl (C=O) groups excluding carboxylic acids is 1. The minimum absolute atomic E-state index is 0.205. The summed E-state index contributed by atoms with van der Waals surface area (Å²) in [5.41, 5.74) is 3.63. The number of aryl methyl sites for hydroxylation is 1. The molecule has 2 aliphatic rings. The Hall–Kier alpha value is -1.93. The van der Waals surface area contributed by atoms with Crippen molar-refractivity contribution >= 4 is 5.78 Å². The van der Waals surface area contributed by atoms with Gasteiger partial charge >= 0.3 is 0 Å². The molecule has 0 aliphatic carbocycles. The van der Waals surface area contributed by atoms with E-state index < -0.39 is 0 Å². The van der Waals surface area contributed by atoms with E-state index in [1.807, 2.05) is 12.1 Å². The molecule has 0 radical (unpaired) electrons. The third-order valence-electron chi connectivity index (χ3n) is 6.24. The van der Waals surface area contributed by atoms with Gasteiger partial charge in [-0.1, -0.05) is 67.9 Å². The van der Waals surface area contributed by atoms with Crippen LogP contribution in [0.3, 0.4) is 0 Å². The molecule has 2 heteroatoms. The normalized spacial score (nSPS) is 25.3. The van der Waals surface area contributed by atoms with Gasteiger partial charge in [0.1, 0.15) is 0 Å². The predicted octanol–water partition coefficient (Wildman–Crippen LogP) is 5.27. The lowest BCUT2D eigenvalue weighted by atomic mass is 9.84. The number of nitrogens with zero attached hydrogens (tertiary/aromatic N) is 1. The van der Waals surface area contributed by atoms with Gasteiger partial charge in [-0.25, -0.2) is 0 Å². The zero-order chi connectivity index (χ0) is 17.9. The van der Waals surface area contributed by atoms with Crippen LogP contribution in [0.25, 0.3) is 0 Å². The fourth-order valence-electron chi connectivity index (χ4n) is 4.90. The number of hydrogen-bond acceptors (Lipinski definition) is 2. The minimum Gasteiger partial charge on any atom is -0.294 e. The molecule has 0 spiro atoms. The van der Waals surface area contributed by atoms with Gasteiger partial charge in [0.25, 0.3) is 0 Å². The van der Waals surface area contributed by atoms with Gasteiger partial charge in [-0.3, -0.25) is 9.69 Å². The van der Waals surface area contributed by atoms with Crippen molar-refractivity contribution in [1.82, 2.24) is 4.90 Å². The first-order chi connectivity index (χ1) is 12.7. The molecule has 2 fully saturated rings. The molecule has 2 atom stereocenters. The molecule has 0 saturated carbocycles. The maximum Gasteiger partial charge on any atom is 0.166 e. The summed E-state index contributed by atoms with van der Waals surface area (Å²) >= 11 is 0. The summed E-state index contributed by atoms with van der Waals surface area (Å²) in [6.07, 6.45) is 6.79. The standard InChI is InChI=1S/C24H29NO/c1-2-6-18-9-11-20(12-10-18)24(26)21-15-22-13-14-23(16-21)25(22)17-19-7-4-3-5-8-19/h3-5,7-12,21-23H,2,6,13-17H2,1H3. The molecule has 2 aromatic carbocycles. The Bertz CT molecular complexity index is 723. The molecule has 0 aromatic heterocycles. The quantitative estimate of drug-likeness (QED) is 0.664. The van der Waals surface area contributed by atoms with E-state index in [0.29, 0.717) is 17.9 Å². The number of ketones is 1. The highest BCUT2D eigenvalue weighted by atomic mass is 16.1. The molecule has 136 valence electrons. The van der Waals surface area contributed by atoms with Crippen molar-refractivity contribution in [2.24, 2.45) is 5.92 Å². The van der Waals surface area contributed by atoms with Crippen LogP contribution in [0.5, 0.6) is 0 Å². The van der Waals surface area contributed by atoms with Crippen molar-refractivity contribution in [2.75, 3.05) is 0 Å². The van der Waals surface area contributed by atoms with Crippen LogP contribution in [-0.4, -0.2) is 22.8 Å². The summed E-state index contributed by atoms with van der Waals surface area (Å²) in [5.74, 6) is 0.570. The lowest BCUT2D eigenvalue weighted by Gasteiger charge is -2.38. The van der Waals surface area contributed by atoms with E-state index in [4.69, 9.17) is 0 Å². The number of Topliss-reactive ketones (excluding diaryl/α,β-unsaturated/α-hetero) is 1. The van der Waals surface area contributed by atoms with Crippen LogP contribution in [0.15, 0.2) is 54.6 Å². The van der Waals surface area contributed by atoms with Crippen molar-refractivity contribution in [3.05, 3.63) is 71.3 Å². The smallest absolute Gasteiger partial charge is 0.166 e. The van der Waals surface area contributed by atoms with Crippen molar-refractivity contribution in [3.63, 3.8) is 0 Å². The SMILES string of the molecule is CCCc1ccc(C(=O)C2CC3CCC(C2)N3Cc2ccccc2)cc1. The first-order valence-corrected chi connectivity index (χ1v) is 10.2. The van der Waals surface area contributed by atoms with Crippen molar-refractivity contribution in [3.8, 4) is 0 Å². The molecule has 26 heavy (non-hydrogen) atoms. The predicted molar refractivity (Wildman–Crippen MR) is 106 cm³/mol. The summed E-state index contributed by atoms with van der Waals surface area (Å²) in [6, 6.07) is 20.3. The first-order valence-electron chi connectivity index (χ1n) is 10.2. The molecule has 2 unspecified atom stereocenters. The largest absolute Gasteiger partial charge is 0.294 e. The summed E-state index contributed by atoms with van der Waals surface area (Å²) in [5, 5.41) is 0. The van der Waals surface area contributed by atoms with Gasteiger partial charge in [0, 0.05) is 30.1 Å². The minimum atomic E-state index is 0.205. The lowest BCUT2D eigenvalue weighted by molar-refractivity contribution is 0.0678. The van der Waals surface area contributed by atoms with Gasteiger partial charge in [0.15, 0.2) is 5.78 Å². The van der Waals surface area contributed by atoms with Crippen LogP contribution >= 0.6 is 0 Å². The summed E-state index contributed by atoms with van der Waals surface area (Å²) in [7, 11) is 0. The van der Waals surface area contributed by atoms with Gasteiger partial charge in [0.2, 0.25) is 0 Å². The van der Waals surface area contributed by atoms with Crippen molar-refractivity contribution in [2.45, 2.75) is 64.1 Å². The van der Waals surface area contributed by atoms with Gasteiger partial charge in [-0.15, -0.1) is 0 Å². The fourth-order valence-corrected chi connectivity index (χ4v) is 4.90. The van der Waals surface area contributed by atoms with Crippen LogP contribution in [0.1, 0.15) is 60.5 Å². The molecule has 2 aliphatic heterocycles. The summed E-state index contributed by atoms with van der Waals surface area (Å²) in [4.78, 5) is 15.7. The second kappa shape index (κ2) is 7.75. The van der Waals surface area contributed by atoms with Crippen LogP contribution < -0.4 is 0 Å². The summed E-state index contributed by atoms with van der Waals surface area (Å²) in [6.45, 7) is 3.22. The number of hydrogen-bond donors (Lipinski definition) is 0. The van der Waals surface area contributed by atoms with Crippen molar-refractivity contribution < 1.29 is 4.79 Å². The maximum atomic E-state index is 13.0. The molecule has 2 nitrogen and oxygen atoms in total. The van der Waals surface area contributed by atoms with E-state index in [1.165, 1.54) is 24.0 Å². The Balaban J connectivity index is 1.42. The van der Waals surface area contributed by atoms with E-state index in [1.54, 1.807) is 0 Å². The van der Waals surface area contributed by atoms with Gasteiger partial charge in [0.05, 0.1) is 0 Å². The number of fused-ring (bicyclic) bond motifs is 2. The molecule has 0 N–H and O–H groups in total. The highest BCUT2D eigenvalue weighted by molar-refractivity contribution is 5.98. The summed E-state index contributed by atoms with van der Waals surface area (Å²) < 4.78 is 0. The lowest BCUT2D eigenvalue weighted by Crippen LogP contribution is -2.44. The molecular formula is C24H29NO. The van der Waals surface area contributed by atoms with Crippen LogP contribution in [0, 0.1) is 5.92 Å². The van der Waals surface area contributed by atoms with Crippen LogP contribution in [0.2, 0.25) is 0 Å². The fraction of sp³-hybridized carbons (Fsp3) is 0.458. The average molecular weight is 348 g/mol. The number of carbonyl (C=O) groups is 1. The van der Waals surface area contributed by atoms with Crippen LogP contribution in [-0.2, 0) is 13.0 Å². The third kappa shape index (κ3) is 3.61. The highest BCUT2D eigenvalue weighted by Crippen LogP contribution is 2.40.